The molecule has 0 aliphatic heterocycles. The number of hydrogen-bond donors (Lipinski definition) is 0. The fourth-order valence-corrected chi connectivity index (χ4v) is 1.52. The van der Waals surface area contributed by atoms with Crippen molar-refractivity contribution in [2.75, 3.05) is 0 Å². The second-order valence-corrected chi connectivity index (χ2v) is 4.10. The van der Waals surface area contributed by atoms with Gasteiger partial charge in [-0.05, 0) is 32.1 Å². The van der Waals surface area contributed by atoms with Crippen LogP contribution in [0.15, 0.2) is 54.4 Å². The number of ketones is 1. The largest absolute Gasteiger partial charge is 0.289 e. The fourth-order valence-electron chi connectivity index (χ4n) is 1.52. The molecule has 0 bridgehead atoms. The zero-order chi connectivity index (χ0) is 12.3. The molecule has 0 aliphatic carbocycles. The number of aromatic nitrogens is 2. The van der Waals surface area contributed by atoms with Gasteiger partial charge in [0.25, 0.3) is 0 Å². The highest BCUT2D eigenvalue weighted by Gasteiger charge is 2.06. The minimum absolute atomic E-state index is 0.00724. The van der Waals surface area contributed by atoms with Gasteiger partial charge in [-0.3, -0.25) is 4.79 Å². The van der Waals surface area contributed by atoms with Crippen molar-refractivity contribution in [1.82, 2.24) is 9.78 Å². The first-order valence-electron chi connectivity index (χ1n) is 5.46. The second kappa shape index (κ2) is 4.78. The molecule has 1 aromatic carbocycles. The van der Waals surface area contributed by atoms with Crippen molar-refractivity contribution < 1.29 is 4.79 Å². The Morgan fingerprint density at radius 1 is 1.24 bits per heavy atom. The van der Waals surface area contributed by atoms with Gasteiger partial charge in [0.2, 0.25) is 0 Å². The van der Waals surface area contributed by atoms with Crippen LogP contribution in [0.25, 0.3) is 5.69 Å². The van der Waals surface area contributed by atoms with Gasteiger partial charge in [-0.2, -0.15) is 5.10 Å². The van der Waals surface area contributed by atoms with Crippen molar-refractivity contribution in [3.05, 3.63) is 59.9 Å². The summed E-state index contributed by atoms with van der Waals surface area (Å²) in [6.45, 7) is 3.80. The molecule has 0 amide bonds. The number of nitrogens with zero attached hydrogens (tertiary/aromatic N) is 2. The summed E-state index contributed by atoms with van der Waals surface area (Å²) in [5.74, 6) is -0.00724. The van der Waals surface area contributed by atoms with Crippen LogP contribution in [0.4, 0.5) is 0 Å². The molecule has 0 unspecified atom stereocenters. The van der Waals surface area contributed by atoms with Gasteiger partial charge in [0.1, 0.15) is 0 Å². The predicted molar refractivity (Wildman–Crippen MR) is 67.3 cm³/mol. The van der Waals surface area contributed by atoms with Crippen molar-refractivity contribution >= 4 is 5.78 Å². The molecule has 1 heterocycles. The number of benzene rings is 1. The van der Waals surface area contributed by atoms with E-state index >= 15 is 0 Å². The van der Waals surface area contributed by atoms with Gasteiger partial charge in [-0.25, -0.2) is 4.68 Å². The van der Waals surface area contributed by atoms with Crippen LogP contribution < -0.4 is 0 Å². The van der Waals surface area contributed by atoms with Crippen LogP contribution in [0.2, 0.25) is 0 Å². The van der Waals surface area contributed by atoms with Crippen LogP contribution in [0.3, 0.4) is 0 Å². The van der Waals surface area contributed by atoms with E-state index < -0.39 is 0 Å². The number of hydrogen-bond acceptors (Lipinski definition) is 2. The average molecular weight is 226 g/mol. The highest BCUT2D eigenvalue weighted by molar-refractivity contribution is 6.04. The molecule has 3 nitrogen and oxygen atoms in total. The molecule has 3 heteroatoms. The Bertz CT molecular complexity index is 549. The molecular formula is C14H14N2O. The van der Waals surface area contributed by atoms with E-state index in [1.165, 1.54) is 0 Å². The Morgan fingerprint density at radius 3 is 2.59 bits per heavy atom. The third kappa shape index (κ3) is 2.69. The molecule has 0 saturated carbocycles. The van der Waals surface area contributed by atoms with Gasteiger partial charge >= 0.3 is 0 Å². The summed E-state index contributed by atoms with van der Waals surface area (Å²) in [6.07, 6.45) is 4.96. The van der Waals surface area contributed by atoms with Gasteiger partial charge in [-0.1, -0.05) is 23.8 Å². The van der Waals surface area contributed by atoms with Crippen molar-refractivity contribution in [3.63, 3.8) is 0 Å². The van der Waals surface area contributed by atoms with Crippen molar-refractivity contribution in [2.24, 2.45) is 0 Å². The van der Waals surface area contributed by atoms with Crippen LogP contribution in [0.5, 0.6) is 0 Å². The predicted octanol–water partition coefficient (Wildman–Crippen LogP) is 3.02. The first-order valence-corrected chi connectivity index (χ1v) is 5.46. The molecule has 2 aromatic rings. The minimum Gasteiger partial charge on any atom is -0.289 e. The van der Waals surface area contributed by atoms with Gasteiger partial charge in [0.15, 0.2) is 5.78 Å². The van der Waals surface area contributed by atoms with Crippen molar-refractivity contribution in [2.45, 2.75) is 13.8 Å². The van der Waals surface area contributed by atoms with E-state index in [4.69, 9.17) is 0 Å². The Morgan fingerprint density at radius 2 is 1.94 bits per heavy atom. The van der Waals surface area contributed by atoms with E-state index in [1.807, 2.05) is 44.2 Å². The molecule has 17 heavy (non-hydrogen) atoms. The van der Waals surface area contributed by atoms with Crippen LogP contribution >= 0.6 is 0 Å². The van der Waals surface area contributed by atoms with Crippen LogP contribution in [0, 0.1) is 0 Å². The first kappa shape index (κ1) is 11.3. The fraction of sp³-hybridized carbons (Fsp3) is 0.143. The van der Waals surface area contributed by atoms with Crippen LogP contribution in [-0.4, -0.2) is 15.6 Å². The van der Waals surface area contributed by atoms with E-state index in [1.54, 1.807) is 23.2 Å². The summed E-state index contributed by atoms with van der Waals surface area (Å²) in [5.41, 5.74) is 2.54. The van der Waals surface area contributed by atoms with Crippen LogP contribution in [-0.2, 0) is 0 Å². The average Bonchev–Trinajstić information content (AvgIpc) is 2.78. The molecule has 0 fully saturated rings. The normalized spacial score (nSPS) is 10.0. The monoisotopic (exact) mass is 226 g/mol. The summed E-state index contributed by atoms with van der Waals surface area (Å²) in [5, 5.41) is 4.18. The lowest BCUT2D eigenvalue weighted by Gasteiger charge is -1.98. The summed E-state index contributed by atoms with van der Waals surface area (Å²) in [4.78, 5) is 11.8. The molecule has 0 aliphatic rings. The van der Waals surface area contributed by atoms with E-state index in [9.17, 15) is 4.79 Å². The Kier molecular flexibility index (Phi) is 3.19. The smallest absolute Gasteiger partial charge is 0.188 e. The number of rotatable bonds is 3. The summed E-state index contributed by atoms with van der Waals surface area (Å²) in [7, 11) is 0. The third-order valence-electron chi connectivity index (χ3n) is 2.31. The second-order valence-electron chi connectivity index (χ2n) is 4.10. The standard InChI is InChI=1S/C14H14N2O/c1-11(2)8-14(17)12-9-15-16(10-12)13-6-4-3-5-7-13/h3-10H,1-2H3. The molecule has 2 rings (SSSR count). The lowest BCUT2D eigenvalue weighted by Crippen LogP contribution is -1.95. The lowest BCUT2D eigenvalue weighted by molar-refractivity contribution is 0.104. The van der Waals surface area contributed by atoms with Crippen molar-refractivity contribution in [1.29, 1.82) is 0 Å². The third-order valence-corrected chi connectivity index (χ3v) is 2.31. The quantitative estimate of drug-likeness (QED) is 0.595. The van der Waals surface area contributed by atoms with E-state index in [-0.39, 0.29) is 5.78 Å². The maximum absolute atomic E-state index is 11.8. The van der Waals surface area contributed by atoms with Crippen molar-refractivity contribution in [3.8, 4) is 5.69 Å². The Balaban J connectivity index is 2.28. The number of para-hydroxylation sites is 1. The molecule has 0 saturated heterocycles. The highest BCUT2D eigenvalue weighted by Crippen LogP contribution is 2.09. The summed E-state index contributed by atoms with van der Waals surface area (Å²) < 4.78 is 1.70. The first-order chi connectivity index (χ1) is 8.16. The van der Waals surface area contributed by atoms with Crippen LogP contribution in [0.1, 0.15) is 24.2 Å². The lowest BCUT2D eigenvalue weighted by atomic mass is 10.2. The van der Waals surface area contributed by atoms with Gasteiger partial charge < -0.3 is 0 Å². The SMILES string of the molecule is CC(C)=CC(=O)c1cnn(-c2ccccc2)c1. The highest BCUT2D eigenvalue weighted by atomic mass is 16.1. The molecule has 86 valence electrons. The Hall–Kier alpha value is -2.16. The molecule has 0 spiro atoms. The molecule has 0 atom stereocenters. The minimum atomic E-state index is -0.00724. The molecular weight excluding hydrogens is 212 g/mol. The molecule has 0 radical (unpaired) electrons. The summed E-state index contributed by atoms with van der Waals surface area (Å²) >= 11 is 0. The Labute approximate surface area is 100 Å². The number of carbonyl (C=O) groups excluding carboxylic acids is 1. The van der Waals surface area contributed by atoms with Gasteiger partial charge in [-0.15, -0.1) is 0 Å². The van der Waals surface area contributed by atoms with E-state index in [0.29, 0.717) is 5.56 Å². The topological polar surface area (TPSA) is 34.9 Å². The maximum atomic E-state index is 11.8. The molecule has 0 N–H and O–H groups in total. The van der Waals surface area contributed by atoms with E-state index in [2.05, 4.69) is 5.10 Å². The maximum Gasteiger partial charge on any atom is 0.188 e. The van der Waals surface area contributed by atoms with Gasteiger partial charge in [0, 0.05) is 6.20 Å². The molecule has 1 aromatic heterocycles. The zero-order valence-corrected chi connectivity index (χ0v) is 9.92. The number of allylic oxidation sites excluding steroid dienone is 2. The van der Waals surface area contributed by atoms with Gasteiger partial charge in [0.05, 0.1) is 17.4 Å². The summed E-state index contributed by atoms with van der Waals surface area (Å²) in [6, 6.07) is 9.72. The van der Waals surface area contributed by atoms with E-state index in [0.717, 1.165) is 11.3 Å². The zero-order valence-electron chi connectivity index (χ0n) is 9.92. The number of carbonyl (C=O) groups is 1.